The molecule has 0 fully saturated rings. The first-order valence-electron chi connectivity index (χ1n) is 5.15. The van der Waals surface area contributed by atoms with E-state index in [9.17, 15) is 4.79 Å². The average molecular weight is 301 g/mol. The minimum atomic E-state index is -0.129. The minimum Gasteiger partial charge on any atom is -0.292 e. The molecule has 2 rings (SSSR count). The van der Waals surface area contributed by atoms with Crippen LogP contribution in [-0.2, 0) is 6.42 Å². The summed E-state index contributed by atoms with van der Waals surface area (Å²) in [5.41, 5.74) is 1.04. The highest BCUT2D eigenvalue weighted by molar-refractivity contribution is 6.42. The van der Waals surface area contributed by atoms with Gasteiger partial charge in [-0.2, -0.15) is 0 Å². The summed E-state index contributed by atoms with van der Waals surface area (Å²) in [4.78, 5) is 16.0. The monoisotopic (exact) mass is 299 g/mol. The van der Waals surface area contributed by atoms with Gasteiger partial charge in [-0.3, -0.25) is 9.78 Å². The molecule has 1 aromatic heterocycles. The molecule has 0 bridgehead atoms. The van der Waals surface area contributed by atoms with E-state index in [4.69, 9.17) is 34.8 Å². The lowest BCUT2D eigenvalue weighted by Crippen LogP contribution is -2.06. The van der Waals surface area contributed by atoms with Crippen molar-refractivity contribution in [1.29, 1.82) is 0 Å². The zero-order valence-corrected chi connectivity index (χ0v) is 11.4. The first-order chi connectivity index (χ1) is 8.58. The summed E-state index contributed by atoms with van der Waals surface area (Å²) in [5.74, 6) is -0.129. The van der Waals surface area contributed by atoms with Crippen molar-refractivity contribution in [1.82, 2.24) is 4.98 Å². The Labute approximate surface area is 120 Å². The van der Waals surface area contributed by atoms with Crippen molar-refractivity contribution in [3.8, 4) is 0 Å². The summed E-state index contributed by atoms with van der Waals surface area (Å²) >= 11 is 17.6. The fourth-order valence-electron chi connectivity index (χ4n) is 1.49. The van der Waals surface area contributed by atoms with Crippen molar-refractivity contribution in [2.45, 2.75) is 6.42 Å². The molecule has 18 heavy (non-hydrogen) atoms. The predicted molar refractivity (Wildman–Crippen MR) is 73.7 cm³/mol. The average Bonchev–Trinajstić information content (AvgIpc) is 2.36. The number of hydrogen-bond donors (Lipinski definition) is 0. The van der Waals surface area contributed by atoms with Crippen molar-refractivity contribution in [3.05, 3.63) is 62.9 Å². The number of benzene rings is 1. The Bertz CT molecular complexity index is 581. The number of pyridine rings is 1. The Morgan fingerprint density at radius 1 is 1.11 bits per heavy atom. The van der Waals surface area contributed by atoms with Crippen molar-refractivity contribution >= 4 is 40.6 Å². The normalized spacial score (nSPS) is 10.4. The summed E-state index contributed by atoms with van der Waals surface area (Å²) in [6.07, 6.45) is 1.60. The Morgan fingerprint density at radius 3 is 2.56 bits per heavy atom. The molecule has 1 aromatic carbocycles. The van der Waals surface area contributed by atoms with Crippen LogP contribution in [0, 0.1) is 0 Å². The number of nitrogens with zero attached hydrogens (tertiary/aromatic N) is 1. The maximum atomic E-state index is 12.0. The fraction of sp³-hybridized carbons (Fsp3) is 0.0769. The summed E-state index contributed by atoms with van der Waals surface area (Å²) in [6.45, 7) is 0. The van der Waals surface area contributed by atoms with Gasteiger partial charge in [-0.1, -0.05) is 46.9 Å². The molecule has 0 amide bonds. The second-order valence-electron chi connectivity index (χ2n) is 3.67. The Morgan fingerprint density at radius 2 is 1.89 bits per heavy atom. The second-order valence-corrected chi connectivity index (χ2v) is 4.90. The van der Waals surface area contributed by atoms with E-state index in [1.807, 2.05) is 0 Å². The lowest BCUT2D eigenvalue weighted by molar-refractivity contribution is 0.0988. The fourth-order valence-corrected chi connectivity index (χ4v) is 1.99. The van der Waals surface area contributed by atoms with Crippen LogP contribution in [0.2, 0.25) is 15.1 Å². The maximum absolute atomic E-state index is 12.0. The van der Waals surface area contributed by atoms with E-state index in [-0.39, 0.29) is 12.2 Å². The van der Waals surface area contributed by atoms with Crippen LogP contribution < -0.4 is 0 Å². The summed E-state index contributed by atoms with van der Waals surface area (Å²) in [6, 6.07) is 8.41. The van der Waals surface area contributed by atoms with Crippen LogP contribution in [-0.4, -0.2) is 10.8 Å². The summed E-state index contributed by atoms with van der Waals surface area (Å²) in [5, 5.41) is 1.33. The molecule has 0 unspecified atom stereocenters. The summed E-state index contributed by atoms with van der Waals surface area (Å²) < 4.78 is 0. The van der Waals surface area contributed by atoms with E-state index in [0.29, 0.717) is 26.3 Å². The van der Waals surface area contributed by atoms with Gasteiger partial charge in [0.25, 0.3) is 0 Å². The van der Waals surface area contributed by atoms with Gasteiger partial charge in [-0.25, -0.2) is 0 Å². The van der Waals surface area contributed by atoms with Crippen LogP contribution in [0.3, 0.4) is 0 Å². The number of ketones is 1. The number of carbonyl (C=O) groups is 1. The third kappa shape index (κ3) is 3.02. The molecule has 2 aromatic rings. The first kappa shape index (κ1) is 13.3. The largest absolute Gasteiger partial charge is 0.292 e. The third-order valence-corrected chi connectivity index (χ3v) is 3.48. The Balaban J connectivity index is 2.21. The molecule has 0 saturated carbocycles. The quantitative estimate of drug-likeness (QED) is 0.783. The topological polar surface area (TPSA) is 30.0 Å². The molecule has 92 valence electrons. The van der Waals surface area contributed by atoms with Crippen molar-refractivity contribution < 1.29 is 4.79 Å². The molecule has 0 saturated heterocycles. The number of carbonyl (C=O) groups excluding carboxylic acids is 1. The SMILES string of the molecule is O=C(Cc1cccc(Cl)c1Cl)c1ccc(Cl)cn1. The van der Waals surface area contributed by atoms with Crippen LogP contribution in [0.15, 0.2) is 36.5 Å². The van der Waals surface area contributed by atoms with Gasteiger partial charge in [-0.15, -0.1) is 0 Å². The van der Waals surface area contributed by atoms with Crippen molar-refractivity contribution in [3.63, 3.8) is 0 Å². The highest BCUT2D eigenvalue weighted by Crippen LogP contribution is 2.26. The number of Topliss-reactive ketones (excluding diaryl/α,β-unsaturated/α-hetero) is 1. The van der Waals surface area contributed by atoms with Crippen LogP contribution in [0.1, 0.15) is 16.1 Å². The molecule has 0 spiro atoms. The van der Waals surface area contributed by atoms with E-state index in [0.717, 1.165) is 0 Å². The van der Waals surface area contributed by atoms with Gasteiger partial charge >= 0.3 is 0 Å². The lowest BCUT2D eigenvalue weighted by atomic mass is 10.1. The van der Waals surface area contributed by atoms with E-state index in [1.165, 1.54) is 6.20 Å². The molecule has 0 N–H and O–H groups in total. The van der Waals surface area contributed by atoms with Gasteiger partial charge in [0.05, 0.1) is 15.1 Å². The molecule has 0 aliphatic heterocycles. The number of halogens is 3. The molecule has 1 heterocycles. The molecule has 0 radical (unpaired) electrons. The van der Waals surface area contributed by atoms with Crippen molar-refractivity contribution in [2.24, 2.45) is 0 Å². The number of aromatic nitrogens is 1. The van der Waals surface area contributed by atoms with E-state index in [2.05, 4.69) is 4.98 Å². The number of hydrogen-bond acceptors (Lipinski definition) is 2. The zero-order valence-electron chi connectivity index (χ0n) is 9.16. The second kappa shape index (κ2) is 5.70. The molecule has 2 nitrogen and oxygen atoms in total. The lowest BCUT2D eigenvalue weighted by Gasteiger charge is -2.04. The molecule has 0 aliphatic carbocycles. The minimum absolute atomic E-state index is 0.129. The molecule has 0 atom stereocenters. The van der Waals surface area contributed by atoms with E-state index in [1.54, 1.807) is 30.3 Å². The molecule has 0 aliphatic rings. The zero-order chi connectivity index (χ0) is 13.1. The maximum Gasteiger partial charge on any atom is 0.185 e. The standard InChI is InChI=1S/C13H8Cl3NO/c14-9-4-5-11(17-7-9)12(18)6-8-2-1-3-10(15)13(8)16/h1-5,7H,6H2. The van der Waals surface area contributed by atoms with Crippen molar-refractivity contribution in [2.75, 3.05) is 0 Å². The van der Waals surface area contributed by atoms with Crippen LogP contribution in [0.5, 0.6) is 0 Å². The predicted octanol–water partition coefficient (Wildman–Crippen LogP) is 4.47. The Hall–Kier alpha value is -1.09. The van der Waals surface area contributed by atoms with Gasteiger partial charge in [-0.05, 0) is 23.8 Å². The van der Waals surface area contributed by atoms with Crippen LogP contribution in [0.4, 0.5) is 0 Å². The molecule has 5 heteroatoms. The highest BCUT2D eigenvalue weighted by atomic mass is 35.5. The van der Waals surface area contributed by atoms with Gasteiger partial charge in [0, 0.05) is 12.6 Å². The van der Waals surface area contributed by atoms with Gasteiger partial charge < -0.3 is 0 Å². The first-order valence-corrected chi connectivity index (χ1v) is 6.29. The molecular formula is C13H8Cl3NO. The third-order valence-electron chi connectivity index (χ3n) is 2.40. The summed E-state index contributed by atoms with van der Waals surface area (Å²) in [7, 11) is 0. The van der Waals surface area contributed by atoms with Crippen LogP contribution in [0.25, 0.3) is 0 Å². The number of rotatable bonds is 3. The highest BCUT2D eigenvalue weighted by Gasteiger charge is 2.12. The van der Waals surface area contributed by atoms with E-state index >= 15 is 0 Å². The molecular weight excluding hydrogens is 293 g/mol. The van der Waals surface area contributed by atoms with E-state index < -0.39 is 0 Å². The van der Waals surface area contributed by atoms with Gasteiger partial charge in [0.1, 0.15) is 5.69 Å². The van der Waals surface area contributed by atoms with Gasteiger partial charge in [0.15, 0.2) is 5.78 Å². The van der Waals surface area contributed by atoms with Crippen LogP contribution >= 0.6 is 34.8 Å². The van der Waals surface area contributed by atoms with Gasteiger partial charge in [0.2, 0.25) is 0 Å². The smallest absolute Gasteiger partial charge is 0.185 e. The Kier molecular flexibility index (Phi) is 4.23.